The van der Waals surface area contributed by atoms with Gasteiger partial charge in [0.25, 0.3) is 0 Å². The van der Waals surface area contributed by atoms with Crippen molar-refractivity contribution in [3.8, 4) is 22.9 Å². The third-order valence-electron chi connectivity index (χ3n) is 7.97. The van der Waals surface area contributed by atoms with Crippen molar-refractivity contribution in [3.05, 3.63) is 41.3 Å². The van der Waals surface area contributed by atoms with Gasteiger partial charge in [-0.15, -0.1) is 5.10 Å². The molecule has 1 aromatic carbocycles. The Hall–Kier alpha value is -3.92. The number of carbonyl (C=O) groups is 1. The highest BCUT2D eigenvalue weighted by molar-refractivity contribution is 5.93. The van der Waals surface area contributed by atoms with Gasteiger partial charge in [-0.1, -0.05) is 6.07 Å². The van der Waals surface area contributed by atoms with E-state index in [1.54, 1.807) is 4.68 Å². The largest absolute Gasteiger partial charge is 0.477 e. The fourth-order valence-electron chi connectivity index (χ4n) is 5.74. The SMILES string of the molecule is Cc1c2c(nn1C1CC(=O)C1)OCCCOc1c(cnn1C)-c1ccc3c(c1)c(nn3C1CCCCO1)C=C2. The number of aryl methyl sites for hydroxylation is 1. The van der Waals surface area contributed by atoms with Gasteiger partial charge in [0.2, 0.25) is 11.8 Å². The second-order valence-electron chi connectivity index (χ2n) is 10.6. The second-order valence-corrected chi connectivity index (χ2v) is 10.6. The van der Waals surface area contributed by atoms with Gasteiger partial charge in [-0.2, -0.15) is 10.2 Å². The normalized spacial score (nSPS) is 20.1. The summed E-state index contributed by atoms with van der Waals surface area (Å²) in [7, 11) is 1.89. The number of hydrogen-bond acceptors (Lipinski definition) is 7. The molecule has 2 aliphatic heterocycles. The Labute approximate surface area is 226 Å². The molecule has 3 aliphatic rings. The van der Waals surface area contributed by atoms with E-state index in [-0.39, 0.29) is 18.1 Å². The monoisotopic (exact) mass is 528 g/mol. The number of hydrogen-bond donors (Lipinski definition) is 0. The maximum atomic E-state index is 11.7. The Bertz CT molecular complexity index is 1580. The first-order valence-electron chi connectivity index (χ1n) is 13.8. The average Bonchev–Trinajstić information content (AvgIpc) is 3.58. The summed E-state index contributed by atoms with van der Waals surface area (Å²) in [5.41, 5.74) is 5.73. The number of rotatable bonds is 2. The quantitative estimate of drug-likeness (QED) is 0.366. The van der Waals surface area contributed by atoms with Crippen LogP contribution in [0.15, 0.2) is 24.4 Å². The van der Waals surface area contributed by atoms with Crippen molar-refractivity contribution in [2.45, 2.75) is 57.7 Å². The molecule has 1 unspecified atom stereocenters. The predicted octanol–water partition coefficient (Wildman–Crippen LogP) is 4.88. The molecule has 0 N–H and O–H groups in total. The Morgan fingerprint density at radius 2 is 1.85 bits per heavy atom. The van der Waals surface area contributed by atoms with Crippen LogP contribution in [-0.4, -0.2) is 54.9 Å². The third-order valence-corrected chi connectivity index (χ3v) is 7.97. The number of ether oxygens (including phenoxy) is 3. The maximum Gasteiger partial charge on any atom is 0.240 e. The van der Waals surface area contributed by atoms with Crippen LogP contribution in [0.5, 0.6) is 11.8 Å². The van der Waals surface area contributed by atoms with E-state index in [1.165, 1.54) is 0 Å². The standard InChI is InChI=1S/C29H32N6O4/c1-18-22-8-9-25-23-14-19(7-10-26(23)35(31-25)27-6-3-4-11-37-27)24-17-30-33(2)29(24)39-13-5-12-38-28(22)32-34(18)20-15-21(36)16-20/h7-10,14,17,20,27H,3-6,11-13,15-16H2,1-2H3. The molecule has 1 saturated carbocycles. The molecular formula is C29H32N6O4. The summed E-state index contributed by atoms with van der Waals surface area (Å²) in [4.78, 5) is 11.7. The summed E-state index contributed by atoms with van der Waals surface area (Å²) in [5, 5.41) is 15.3. The lowest BCUT2D eigenvalue weighted by Gasteiger charge is -2.25. The summed E-state index contributed by atoms with van der Waals surface area (Å²) in [5.74, 6) is 1.56. The summed E-state index contributed by atoms with van der Waals surface area (Å²) in [6.45, 7) is 3.72. The van der Waals surface area contributed by atoms with E-state index in [9.17, 15) is 4.79 Å². The molecule has 3 aromatic heterocycles. The van der Waals surface area contributed by atoms with E-state index < -0.39 is 0 Å². The van der Waals surface area contributed by atoms with Gasteiger partial charge in [0.05, 0.1) is 47.8 Å². The molecule has 10 nitrogen and oxygen atoms in total. The highest BCUT2D eigenvalue weighted by Crippen LogP contribution is 2.37. The van der Waals surface area contributed by atoms with Crippen LogP contribution < -0.4 is 9.47 Å². The summed E-state index contributed by atoms with van der Waals surface area (Å²) >= 11 is 0. The van der Waals surface area contributed by atoms with Crippen LogP contribution in [0.4, 0.5) is 0 Å². The Morgan fingerprint density at radius 1 is 0.974 bits per heavy atom. The van der Waals surface area contributed by atoms with E-state index in [1.807, 2.05) is 41.7 Å². The Balaban J connectivity index is 1.37. The van der Waals surface area contributed by atoms with Crippen LogP contribution in [-0.2, 0) is 16.6 Å². The highest BCUT2D eigenvalue weighted by Gasteiger charge is 2.31. The topological polar surface area (TPSA) is 98.2 Å². The zero-order valence-corrected chi connectivity index (χ0v) is 22.3. The number of nitrogens with zero attached hydrogens (tertiary/aromatic N) is 6. The number of carbonyl (C=O) groups excluding carboxylic acids is 1. The lowest BCUT2D eigenvalue weighted by atomic mass is 9.91. The number of aromatic nitrogens is 6. The van der Waals surface area contributed by atoms with E-state index >= 15 is 0 Å². The maximum absolute atomic E-state index is 11.7. The number of fused-ring (bicyclic) bond motifs is 4. The van der Waals surface area contributed by atoms with E-state index in [2.05, 4.69) is 23.3 Å². The first-order valence-corrected chi connectivity index (χ1v) is 13.8. The summed E-state index contributed by atoms with van der Waals surface area (Å²) < 4.78 is 24.2. The van der Waals surface area contributed by atoms with Crippen molar-refractivity contribution in [2.75, 3.05) is 19.8 Å². The number of Topliss-reactive ketones (excluding diaryl/α,β-unsaturated/α-hetero) is 1. The van der Waals surface area contributed by atoms with E-state index in [4.69, 9.17) is 24.4 Å². The van der Waals surface area contributed by atoms with Gasteiger partial charge in [0.15, 0.2) is 6.23 Å². The van der Waals surface area contributed by atoms with Crippen LogP contribution in [0, 0.1) is 6.92 Å². The van der Waals surface area contributed by atoms with Gasteiger partial charge in [-0.05, 0) is 56.0 Å². The molecule has 2 bridgehead atoms. The van der Waals surface area contributed by atoms with Crippen molar-refractivity contribution in [2.24, 2.45) is 7.05 Å². The van der Waals surface area contributed by atoms with Crippen molar-refractivity contribution in [1.82, 2.24) is 29.3 Å². The zero-order valence-electron chi connectivity index (χ0n) is 22.3. The average molecular weight is 529 g/mol. The van der Waals surface area contributed by atoms with E-state index in [0.717, 1.165) is 70.7 Å². The molecule has 1 aliphatic carbocycles. The third kappa shape index (κ3) is 4.23. The van der Waals surface area contributed by atoms with Crippen molar-refractivity contribution in [3.63, 3.8) is 0 Å². The molecule has 7 rings (SSSR count). The van der Waals surface area contributed by atoms with E-state index in [0.29, 0.717) is 38.4 Å². The molecule has 39 heavy (non-hydrogen) atoms. The van der Waals surface area contributed by atoms with Crippen molar-refractivity contribution >= 4 is 28.8 Å². The van der Waals surface area contributed by atoms with Gasteiger partial charge < -0.3 is 14.2 Å². The summed E-state index contributed by atoms with van der Waals surface area (Å²) in [6.07, 6.45) is 10.7. The molecule has 0 spiro atoms. The lowest BCUT2D eigenvalue weighted by molar-refractivity contribution is -0.126. The van der Waals surface area contributed by atoms with Gasteiger partial charge in [-0.3, -0.25) is 9.48 Å². The molecule has 4 aromatic rings. The van der Waals surface area contributed by atoms with Crippen LogP contribution in [0.2, 0.25) is 0 Å². The minimum Gasteiger partial charge on any atom is -0.477 e. The predicted molar refractivity (Wildman–Crippen MR) is 146 cm³/mol. The first-order chi connectivity index (χ1) is 19.1. The minimum absolute atomic E-state index is 0.0864. The lowest BCUT2D eigenvalue weighted by Crippen LogP contribution is -2.28. The second kappa shape index (κ2) is 9.68. The van der Waals surface area contributed by atoms with Crippen molar-refractivity contribution in [1.29, 1.82) is 0 Å². The molecule has 1 saturated heterocycles. The first kappa shape index (κ1) is 24.1. The molecule has 0 amide bonds. The smallest absolute Gasteiger partial charge is 0.240 e. The van der Waals surface area contributed by atoms with Crippen LogP contribution >= 0.6 is 0 Å². The molecule has 0 radical (unpaired) electrons. The van der Waals surface area contributed by atoms with Gasteiger partial charge >= 0.3 is 0 Å². The van der Waals surface area contributed by atoms with Crippen LogP contribution in [0.25, 0.3) is 34.2 Å². The Morgan fingerprint density at radius 3 is 2.67 bits per heavy atom. The van der Waals surface area contributed by atoms with Gasteiger partial charge in [-0.25, -0.2) is 9.36 Å². The van der Waals surface area contributed by atoms with Gasteiger partial charge in [0.1, 0.15) is 5.78 Å². The molecule has 2 fully saturated rings. The molecule has 202 valence electrons. The number of ketones is 1. The number of benzene rings is 1. The van der Waals surface area contributed by atoms with Crippen molar-refractivity contribution < 1.29 is 19.0 Å². The fourth-order valence-corrected chi connectivity index (χ4v) is 5.74. The molecule has 1 atom stereocenters. The highest BCUT2D eigenvalue weighted by atomic mass is 16.5. The Kier molecular flexibility index (Phi) is 5.99. The zero-order chi connectivity index (χ0) is 26.5. The van der Waals surface area contributed by atoms with Crippen LogP contribution in [0.1, 0.15) is 67.7 Å². The summed E-state index contributed by atoms with van der Waals surface area (Å²) in [6, 6.07) is 6.48. The molecular weight excluding hydrogens is 496 g/mol. The fraction of sp³-hybridized carbons (Fsp3) is 0.448. The van der Waals surface area contributed by atoms with Gasteiger partial charge in [0, 0.05) is 44.0 Å². The molecule has 5 heterocycles. The minimum atomic E-state index is -0.0864. The van der Waals surface area contributed by atoms with Crippen LogP contribution in [0.3, 0.4) is 0 Å². The molecule has 10 heteroatoms.